The zero-order valence-corrected chi connectivity index (χ0v) is 19.5. The maximum Gasteiger partial charge on any atom is 0.243 e. The molecule has 2 aromatic carbocycles. The Bertz CT molecular complexity index is 1390. The monoisotopic (exact) mass is 484 g/mol. The van der Waals surface area contributed by atoms with Crippen molar-refractivity contribution in [3.8, 4) is 17.1 Å². The minimum atomic E-state index is -4.08. The third kappa shape index (κ3) is 4.51. The van der Waals surface area contributed by atoms with E-state index in [-0.39, 0.29) is 11.8 Å². The van der Waals surface area contributed by atoms with Crippen LogP contribution in [0.5, 0.6) is 0 Å². The van der Waals surface area contributed by atoms with E-state index in [0.717, 1.165) is 16.7 Å². The van der Waals surface area contributed by atoms with Gasteiger partial charge in [-0.1, -0.05) is 43.3 Å². The molecule has 0 bridgehead atoms. The van der Waals surface area contributed by atoms with Crippen LogP contribution in [0.4, 0.5) is 14.7 Å². The van der Waals surface area contributed by atoms with Crippen molar-refractivity contribution in [2.75, 3.05) is 4.72 Å². The summed E-state index contributed by atoms with van der Waals surface area (Å²) in [7, 11) is -4.08. The van der Waals surface area contributed by atoms with Crippen LogP contribution in [0, 0.1) is 18.6 Å². The van der Waals surface area contributed by atoms with Crippen molar-refractivity contribution in [2.24, 2.45) is 0 Å². The molecule has 2 atom stereocenters. The van der Waals surface area contributed by atoms with Crippen LogP contribution in [0.15, 0.2) is 60.9 Å². The second-order valence-electron chi connectivity index (χ2n) is 7.84. The molecule has 176 valence electrons. The molecular weight excluding hydrogens is 462 g/mol. The molecule has 1 N–H and O–H groups in total. The Morgan fingerprint density at radius 3 is 2.21 bits per heavy atom. The Morgan fingerprint density at radius 1 is 0.912 bits per heavy atom. The highest BCUT2D eigenvalue weighted by Crippen LogP contribution is 2.30. The number of sulfonamides is 1. The quantitative estimate of drug-likeness (QED) is 0.421. The zero-order valence-electron chi connectivity index (χ0n) is 18.6. The smallest absolute Gasteiger partial charge is 0.243 e. The number of rotatable bonds is 7. The van der Waals surface area contributed by atoms with Crippen molar-refractivity contribution in [2.45, 2.75) is 31.9 Å². The van der Waals surface area contributed by atoms with Crippen LogP contribution in [0.3, 0.4) is 0 Å². The number of aromatic nitrogens is 5. The van der Waals surface area contributed by atoms with Crippen LogP contribution in [0.2, 0.25) is 0 Å². The van der Waals surface area contributed by atoms with Crippen molar-refractivity contribution in [3.05, 3.63) is 83.9 Å². The SMILES string of the molecule is Cc1cnc(C(C)C(C)S(=O)(=O)Nc2nnc(-c3ccccc3)n2-c2c(F)cccc2F)cn1. The lowest BCUT2D eigenvalue weighted by Crippen LogP contribution is -2.31. The van der Waals surface area contributed by atoms with E-state index in [1.165, 1.54) is 19.2 Å². The molecule has 0 aliphatic carbocycles. The third-order valence-corrected chi connectivity index (χ3v) is 7.41. The zero-order chi connectivity index (χ0) is 24.5. The second kappa shape index (κ2) is 9.26. The van der Waals surface area contributed by atoms with Crippen molar-refractivity contribution in [3.63, 3.8) is 0 Å². The Balaban J connectivity index is 1.77. The summed E-state index contributed by atoms with van der Waals surface area (Å²) in [6, 6.07) is 11.9. The van der Waals surface area contributed by atoms with Crippen LogP contribution in [-0.4, -0.2) is 38.4 Å². The van der Waals surface area contributed by atoms with E-state index >= 15 is 0 Å². The summed E-state index contributed by atoms with van der Waals surface area (Å²) >= 11 is 0. The predicted octanol–water partition coefficient (Wildman–Crippen LogP) is 4.24. The fraction of sp³-hybridized carbons (Fsp3) is 0.217. The topological polar surface area (TPSA) is 103 Å². The lowest BCUT2D eigenvalue weighted by Gasteiger charge is -2.21. The largest absolute Gasteiger partial charge is 0.258 e. The fourth-order valence-corrected chi connectivity index (χ4v) is 4.66. The lowest BCUT2D eigenvalue weighted by molar-refractivity contribution is 0.566. The van der Waals surface area contributed by atoms with Gasteiger partial charge in [0.1, 0.15) is 17.3 Å². The highest BCUT2D eigenvalue weighted by molar-refractivity contribution is 7.93. The van der Waals surface area contributed by atoms with Gasteiger partial charge < -0.3 is 0 Å². The molecule has 0 amide bonds. The van der Waals surface area contributed by atoms with Gasteiger partial charge in [0.05, 0.1) is 16.6 Å². The minimum Gasteiger partial charge on any atom is -0.258 e. The van der Waals surface area contributed by atoms with Gasteiger partial charge in [-0.25, -0.2) is 17.2 Å². The Morgan fingerprint density at radius 2 is 1.59 bits per heavy atom. The third-order valence-electron chi connectivity index (χ3n) is 5.55. The average molecular weight is 485 g/mol. The first kappa shape index (κ1) is 23.4. The van der Waals surface area contributed by atoms with Gasteiger partial charge in [-0.3, -0.25) is 19.3 Å². The molecule has 11 heteroatoms. The molecule has 0 spiro atoms. The average Bonchev–Trinajstić information content (AvgIpc) is 3.21. The normalized spacial score (nSPS) is 13.4. The number of para-hydroxylation sites is 1. The highest BCUT2D eigenvalue weighted by atomic mass is 32.2. The molecule has 4 rings (SSSR count). The van der Waals surface area contributed by atoms with Gasteiger partial charge >= 0.3 is 0 Å². The molecule has 0 aliphatic heterocycles. The molecule has 0 fully saturated rings. The van der Waals surface area contributed by atoms with Crippen molar-refractivity contribution in [1.82, 2.24) is 24.7 Å². The van der Waals surface area contributed by atoms with Crippen LogP contribution in [0.25, 0.3) is 17.1 Å². The standard InChI is InChI=1S/C23H22F2N6O2S/c1-14-12-27-20(13-26-14)15(2)16(3)34(32,33)30-23-29-28-22(17-8-5-4-6-9-17)31(23)21-18(24)10-7-11-19(21)25/h4-13,15-16H,1-3H3,(H,29,30). The molecule has 2 unspecified atom stereocenters. The van der Waals surface area contributed by atoms with Crippen LogP contribution in [-0.2, 0) is 10.0 Å². The molecule has 4 aromatic rings. The van der Waals surface area contributed by atoms with Gasteiger partial charge in [-0.2, -0.15) is 0 Å². The number of hydrogen-bond donors (Lipinski definition) is 1. The summed E-state index contributed by atoms with van der Waals surface area (Å²) < 4.78 is 59.4. The van der Waals surface area contributed by atoms with Crippen molar-refractivity contribution < 1.29 is 17.2 Å². The fourth-order valence-electron chi connectivity index (χ4n) is 3.41. The summed E-state index contributed by atoms with van der Waals surface area (Å²) in [5.74, 6) is -2.58. The van der Waals surface area contributed by atoms with Gasteiger partial charge in [-0.05, 0) is 26.0 Å². The van der Waals surface area contributed by atoms with E-state index in [2.05, 4.69) is 24.9 Å². The Kier molecular flexibility index (Phi) is 6.38. The van der Waals surface area contributed by atoms with Crippen LogP contribution < -0.4 is 4.72 Å². The number of aryl methyl sites for hydroxylation is 1. The molecule has 0 saturated carbocycles. The number of halogens is 2. The Labute approximate surface area is 195 Å². The van der Waals surface area contributed by atoms with E-state index in [1.807, 2.05) is 0 Å². The van der Waals surface area contributed by atoms with E-state index < -0.39 is 38.5 Å². The first-order valence-electron chi connectivity index (χ1n) is 10.4. The summed E-state index contributed by atoms with van der Waals surface area (Å²) in [5.41, 5.74) is 1.21. The first-order chi connectivity index (χ1) is 16.2. The number of nitrogens with one attached hydrogen (secondary N) is 1. The molecule has 2 aromatic heterocycles. The number of anilines is 1. The Hall–Kier alpha value is -3.73. The predicted molar refractivity (Wildman–Crippen MR) is 124 cm³/mol. The van der Waals surface area contributed by atoms with Crippen molar-refractivity contribution >= 4 is 16.0 Å². The van der Waals surface area contributed by atoms with Crippen LogP contribution >= 0.6 is 0 Å². The van der Waals surface area contributed by atoms with Gasteiger partial charge in [-0.15, -0.1) is 10.2 Å². The maximum atomic E-state index is 14.8. The van der Waals surface area contributed by atoms with Crippen LogP contribution in [0.1, 0.15) is 31.2 Å². The second-order valence-corrected chi connectivity index (χ2v) is 9.88. The molecule has 8 nitrogen and oxygen atoms in total. The summed E-state index contributed by atoms with van der Waals surface area (Å²) in [6.07, 6.45) is 3.08. The summed E-state index contributed by atoms with van der Waals surface area (Å²) in [5, 5.41) is 6.98. The molecule has 34 heavy (non-hydrogen) atoms. The van der Waals surface area contributed by atoms with Gasteiger partial charge in [0.15, 0.2) is 5.82 Å². The van der Waals surface area contributed by atoms with Crippen molar-refractivity contribution in [1.29, 1.82) is 0 Å². The highest BCUT2D eigenvalue weighted by Gasteiger charge is 2.31. The van der Waals surface area contributed by atoms with E-state index in [0.29, 0.717) is 17.0 Å². The van der Waals surface area contributed by atoms with E-state index in [1.54, 1.807) is 50.4 Å². The maximum absolute atomic E-state index is 14.8. The molecule has 2 heterocycles. The lowest BCUT2D eigenvalue weighted by atomic mass is 10.1. The van der Waals surface area contributed by atoms with Gasteiger partial charge in [0, 0.05) is 23.9 Å². The minimum absolute atomic E-state index is 0.0763. The number of nitrogens with zero attached hydrogens (tertiary/aromatic N) is 5. The van der Waals surface area contributed by atoms with E-state index in [9.17, 15) is 17.2 Å². The number of hydrogen-bond acceptors (Lipinski definition) is 6. The first-order valence-corrected chi connectivity index (χ1v) is 12.0. The molecule has 0 saturated heterocycles. The number of benzene rings is 2. The van der Waals surface area contributed by atoms with Gasteiger partial charge in [0.25, 0.3) is 0 Å². The molecule has 0 radical (unpaired) electrons. The summed E-state index contributed by atoms with van der Waals surface area (Å²) in [4.78, 5) is 8.44. The molecular formula is C23H22F2N6O2S. The summed E-state index contributed by atoms with van der Waals surface area (Å²) in [6.45, 7) is 5.00. The van der Waals surface area contributed by atoms with Gasteiger partial charge in [0.2, 0.25) is 16.0 Å². The molecule has 0 aliphatic rings. The van der Waals surface area contributed by atoms with E-state index in [4.69, 9.17) is 0 Å².